The smallest absolute Gasteiger partial charge is 0.0650 e. The van der Waals surface area contributed by atoms with E-state index in [1.807, 2.05) is 41.2 Å². The molecule has 0 aliphatic rings. The van der Waals surface area contributed by atoms with Crippen molar-refractivity contribution in [1.29, 1.82) is 0 Å². The van der Waals surface area contributed by atoms with E-state index in [0.717, 1.165) is 28.6 Å². The Balaban J connectivity index is 1.97. The van der Waals surface area contributed by atoms with Crippen LogP contribution in [0.2, 0.25) is 0 Å². The first-order valence-corrected chi connectivity index (χ1v) is 8.38. The Kier molecular flexibility index (Phi) is 6.00. The van der Waals surface area contributed by atoms with E-state index >= 15 is 0 Å². The van der Waals surface area contributed by atoms with Gasteiger partial charge >= 0.3 is 0 Å². The number of aliphatic hydroxyl groups is 1. The summed E-state index contributed by atoms with van der Waals surface area (Å²) in [5, 5.41) is 14.9. The number of rotatable bonds is 7. The first-order chi connectivity index (χ1) is 10.1. The van der Waals surface area contributed by atoms with Crippen LogP contribution in [-0.2, 0) is 12.8 Å². The van der Waals surface area contributed by atoms with Crippen molar-refractivity contribution in [3.05, 3.63) is 52.3 Å². The normalized spacial score (nSPS) is 12.8. The highest BCUT2D eigenvalue weighted by Crippen LogP contribution is 2.19. The lowest BCUT2D eigenvalue weighted by molar-refractivity contribution is 0.173. The molecule has 0 radical (unpaired) electrons. The maximum atomic E-state index is 10.3. The molecule has 114 valence electrons. The zero-order valence-electron chi connectivity index (χ0n) is 12.7. The van der Waals surface area contributed by atoms with Crippen molar-refractivity contribution in [1.82, 2.24) is 9.78 Å². The first kappa shape index (κ1) is 16.2. The summed E-state index contributed by atoms with van der Waals surface area (Å²) in [5.41, 5.74) is 2.09. The fraction of sp³-hybridized carbons (Fsp3) is 0.471. The van der Waals surface area contributed by atoms with Crippen LogP contribution in [0, 0.1) is 0 Å². The Hall–Kier alpha value is -1.13. The van der Waals surface area contributed by atoms with Crippen LogP contribution in [0.1, 0.15) is 44.0 Å². The number of hydrogen-bond donors (Lipinski definition) is 1. The molecule has 0 amide bonds. The molecule has 2 rings (SSSR count). The van der Waals surface area contributed by atoms with E-state index < -0.39 is 6.10 Å². The molecule has 0 bridgehead atoms. The van der Waals surface area contributed by atoms with E-state index in [4.69, 9.17) is 0 Å². The van der Waals surface area contributed by atoms with Gasteiger partial charge in [-0.1, -0.05) is 48.0 Å². The molecule has 1 unspecified atom stereocenters. The van der Waals surface area contributed by atoms with Gasteiger partial charge in [-0.15, -0.1) is 0 Å². The molecule has 3 nitrogen and oxygen atoms in total. The fourth-order valence-electron chi connectivity index (χ4n) is 2.58. The van der Waals surface area contributed by atoms with Gasteiger partial charge in [0.25, 0.3) is 0 Å². The van der Waals surface area contributed by atoms with Crippen molar-refractivity contribution in [2.45, 2.75) is 51.7 Å². The summed E-state index contributed by atoms with van der Waals surface area (Å²) in [5.74, 6) is 0. The molecule has 0 aliphatic heterocycles. The third kappa shape index (κ3) is 4.42. The Bertz CT molecular complexity index is 563. The largest absolute Gasteiger partial charge is 0.392 e. The van der Waals surface area contributed by atoms with E-state index in [1.165, 1.54) is 0 Å². The second-order valence-electron chi connectivity index (χ2n) is 5.41. The molecular weight excluding hydrogens is 328 g/mol. The topological polar surface area (TPSA) is 38.0 Å². The SMILES string of the molecule is CCC(CC)n1ccc(CC(O)Cc2ccccc2Br)n1. The van der Waals surface area contributed by atoms with Crippen LogP contribution in [-0.4, -0.2) is 21.0 Å². The van der Waals surface area contributed by atoms with Crippen LogP contribution in [0.25, 0.3) is 0 Å². The molecule has 0 saturated carbocycles. The second-order valence-corrected chi connectivity index (χ2v) is 6.27. The van der Waals surface area contributed by atoms with E-state index in [2.05, 4.69) is 34.9 Å². The van der Waals surface area contributed by atoms with Crippen LogP contribution in [0.3, 0.4) is 0 Å². The Morgan fingerprint density at radius 3 is 2.52 bits per heavy atom. The van der Waals surface area contributed by atoms with Gasteiger partial charge in [-0.2, -0.15) is 5.10 Å². The van der Waals surface area contributed by atoms with Gasteiger partial charge in [0.1, 0.15) is 0 Å². The van der Waals surface area contributed by atoms with Gasteiger partial charge in [-0.25, -0.2) is 0 Å². The quantitative estimate of drug-likeness (QED) is 0.814. The molecule has 0 saturated heterocycles. The Morgan fingerprint density at radius 1 is 1.14 bits per heavy atom. The highest BCUT2D eigenvalue weighted by atomic mass is 79.9. The summed E-state index contributed by atoms with van der Waals surface area (Å²) in [6, 6.07) is 10.5. The van der Waals surface area contributed by atoms with Gasteiger partial charge in [0.15, 0.2) is 0 Å². The lowest BCUT2D eigenvalue weighted by Gasteiger charge is -2.13. The molecule has 21 heavy (non-hydrogen) atoms. The highest BCUT2D eigenvalue weighted by Gasteiger charge is 2.13. The number of benzene rings is 1. The number of nitrogens with zero attached hydrogens (tertiary/aromatic N) is 2. The molecule has 1 heterocycles. The van der Waals surface area contributed by atoms with Crippen LogP contribution >= 0.6 is 15.9 Å². The monoisotopic (exact) mass is 350 g/mol. The maximum Gasteiger partial charge on any atom is 0.0650 e. The lowest BCUT2D eigenvalue weighted by atomic mass is 10.0. The molecule has 1 N–H and O–H groups in total. The molecule has 0 spiro atoms. The molecule has 1 aromatic heterocycles. The van der Waals surface area contributed by atoms with Crippen LogP contribution in [0.4, 0.5) is 0 Å². The second kappa shape index (κ2) is 7.76. The zero-order chi connectivity index (χ0) is 15.2. The van der Waals surface area contributed by atoms with Gasteiger partial charge in [0, 0.05) is 17.1 Å². The standard InChI is InChI=1S/C17H23BrN2O/c1-3-15(4-2)20-10-9-14(19-20)12-16(21)11-13-7-5-6-8-17(13)18/h5-10,15-16,21H,3-4,11-12H2,1-2H3. The Morgan fingerprint density at radius 2 is 1.86 bits per heavy atom. The van der Waals surface area contributed by atoms with Crippen molar-refractivity contribution in [3.8, 4) is 0 Å². The molecular formula is C17H23BrN2O. The minimum Gasteiger partial charge on any atom is -0.392 e. The van der Waals surface area contributed by atoms with E-state index in [0.29, 0.717) is 18.9 Å². The summed E-state index contributed by atoms with van der Waals surface area (Å²) in [4.78, 5) is 0. The molecule has 4 heteroatoms. The number of hydrogen-bond acceptors (Lipinski definition) is 2. The number of aliphatic hydroxyl groups excluding tert-OH is 1. The average molecular weight is 351 g/mol. The zero-order valence-corrected chi connectivity index (χ0v) is 14.3. The Labute approximate surface area is 135 Å². The van der Waals surface area contributed by atoms with Crippen molar-refractivity contribution in [2.75, 3.05) is 0 Å². The van der Waals surface area contributed by atoms with Gasteiger partial charge in [-0.3, -0.25) is 4.68 Å². The summed E-state index contributed by atoms with van der Waals surface area (Å²) in [6.45, 7) is 4.36. The van der Waals surface area contributed by atoms with Crippen LogP contribution in [0.15, 0.2) is 41.0 Å². The van der Waals surface area contributed by atoms with E-state index in [1.54, 1.807) is 0 Å². The number of aromatic nitrogens is 2. The minimum atomic E-state index is -0.409. The molecule has 0 fully saturated rings. The van der Waals surface area contributed by atoms with Crippen LogP contribution < -0.4 is 0 Å². The summed E-state index contributed by atoms with van der Waals surface area (Å²) < 4.78 is 3.08. The highest BCUT2D eigenvalue weighted by molar-refractivity contribution is 9.10. The summed E-state index contributed by atoms with van der Waals surface area (Å²) in [7, 11) is 0. The average Bonchev–Trinajstić information content (AvgIpc) is 2.91. The fourth-order valence-corrected chi connectivity index (χ4v) is 3.03. The van der Waals surface area contributed by atoms with Crippen LogP contribution in [0.5, 0.6) is 0 Å². The number of halogens is 1. The van der Waals surface area contributed by atoms with Crippen molar-refractivity contribution in [2.24, 2.45) is 0 Å². The molecule has 1 atom stereocenters. The molecule has 2 aromatic rings. The van der Waals surface area contributed by atoms with Gasteiger partial charge in [0.2, 0.25) is 0 Å². The lowest BCUT2D eigenvalue weighted by Crippen LogP contribution is -2.15. The van der Waals surface area contributed by atoms with Gasteiger partial charge in [0.05, 0.1) is 17.8 Å². The third-order valence-electron chi connectivity index (χ3n) is 3.84. The van der Waals surface area contributed by atoms with Crippen molar-refractivity contribution in [3.63, 3.8) is 0 Å². The summed E-state index contributed by atoms with van der Waals surface area (Å²) in [6.07, 6.45) is 5.01. The van der Waals surface area contributed by atoms with Gasteiger partial charge < -0.3 is 5.11 Å². The minimum absolute atomic E-state index is 0.409. The van der Waals surface area contributed by atoms with Gasteiger partial charge in [-0.05, 0) is 37.0 Å². The third-order valence-corrected chi connectivity index (χ3v) is 4.61. The first-order valence-electron chi connectivity index (χ1n) is 7.59. The van der Waals surface area contributed by atoms with Crippen molar-refractivity contribution >= 4 is 15.9 Å². The maximum absolute atomic E-state index is 10.3. The molecule has 1 aromatic carbocycles. The molecule has 0 aliphatic carbocycles. The predicted molar refractivity (Wildman–Crippen MR) is 89.4 cm³/mol. The predicted octanol–water partition coefficient (Wildman–Crippen LogP) is 4.15. The van der Waals surface area contributed by atoms with E-state index in [-0.39, 0.29) is 0 Å². The van der Waals surface area contributed by atoms with E-state index in [9.17, 15) is 5.11 Å². The van der Waals surface area contributed by atoms with Crippen molar-refractivity contribution < 1.29 is 5.11 Å². The summed E-state index contributed by atoms with van der Waals surface area (Å²) >= 11 is 3.52.